The van der Waals surface area contributed by atoms with Gasteiger partial charge in [0.1, 0.15) is 5.75 Å². The van der Waals surface area contributed by atoms with Crippen LogP contribution in [0.2, 0.25) is 0 Å². The molecule has 200 valence electrons. The minimum Gasteiger partial charge on any atom is -0.495 e. The molecule has 1 heterocycles. The van der Waals surface area contributed by atoms with Crippen LogP contribution >= 0.6 is 0 Å². The number of aromatic nitrogens is 2. The SMILES string of the molecule is COc1ccccc1NS(=O)(=O)c1ccc(/C=C/C(=O)Nc2ccc(S(=O)(=O)Nc3ncccn3)cc2)cc1. The summed E-state index contributed by atoms with van der Waals surface area (Å²) in [5, 5.41) is 2.63. The first-order chi connectivity index (χ1) is 18.7. The van der Waals surface area contributed by atoms with Crippen LogP contribution in [0.3, 0.4) is 0 Å². The number of ether oxygens (including phenoxy) is 1. The number of anilines is 3. The number of para-hydroxylation sites is 2. The topological polar surface area (TPSA) is 156 Å². The van der Waals surface area contributed by atoms with Gasteiger partial charge in [-0.05, 0) is 66.2 Å². The van der Waals surface area contributed by atoms with E-state index in [0.29, 0.717) is 22.7 Å². The van der Waals surface area contributed by atoms with Crippen molar-refractivity contribution in [3.63, 3.8) is 0 Å². The van der Waals surface area contributed by atoms with Gasteiger partial charge in [0, 0.05) is 24.2 Å². The summed E-state index contributed by atoms with van der Waals surface area (Å²) in [6.07, 6.45) is 5.61. The van der Waals surface area contributed by atoms with E-state index in [2.05, 4.69) is 24.7 Å². The Morgan fingerprint density at radius 1 is 0.769 bits per heavy atom. The minimum atomic E-state index is -3.90. The van der Waals surface area contributed by atoms with Crippen molar-refractivity contribution in [2.75, 3.05) is 21.9 Å². The molecule has 0 saturated heterocycles. The Balaban J connectivity index is 1.36. The second kappa shape index (κ2) is 11.8. The molecule has 0 aliphatic carbocycles. The fourth-order valence-corrected chi connectivity index (χ4v) is 5.32. The number of carbonyl (C=O) groups is 1. The van der Waals surface area contributed by atoms with E-state index in [1.54, 1.807) is 42.5 Å². The standard InChI is InChI=1S/C26H23N5O6S2/c1-37-24-6-3-2-5-23(24)30-38(33,34)21-12-7-19(8-13-21)9-16-25(32)29-20-10-14-22(15-11-20)39(35,36)31-26-27-17-4-18-28-26/h2-18,30H,1H3,(H,29,32)(H,27,28,31)/b16-9+. The van der Waals surface area contributed by atoms with Gasteiger partial charge in [-0.2, -0.15) is 0 Å². The van der Waals surface area contributed by atoms with E-state index in [9.17, 15) is 21.6 Å². The van der Waals surface area contributed by atoms with Crippen LogP contribution in [0.4, 0.5) is 17.3 Å². The molecule has 3 N–H and O–H groups in total. The lowest BCUT2D eigenvalue weighted by Gasteiger charge is -2.11. The van der Waals surface area contributed by atoms with E-state index in [1.807, 2.05) is 0 Å². The zero-order valence-electron chi connectivity index (χ0n) is 20.5. The third-order valence-corrected chi connectivity index (χ3v) is 7.92. The van der Waals surface area contributed by atoms with Crippen molar-refractivity contribution in [2.24, 2.45) is 0 Å². The molecule has 1 aromatic heterocycles. The molecule has 4 aromatic rings. The molecule has 0 aliphatic heterocycles. The molecule has 3 aromatic carbocycles. The van der Waals surface area contributed by atoms with E-state index >= 15 is 0 Å². The Kier molecular flexibility index (Phi) is 8.22. The van der Waals surface area contributed by atoms with Crippen molar-refractivity contribution >= 4 is 49.4 Å². The molecule has 0 unspecified atom stereocenters. The van der Waals surface area contributed by atoms with Gasteiger partial charge in [-0.1, -0.05) is 24.3 Å². The third kappa shape index (κ3) is 7.18. The average Bonchev–Trinajstić information content (AvgIpc) is 2.93. The van der Waals surface area contributed by atoms with Crippen LogP contribution in [0.5, 0.6) is 5.75 Å². The predicted octanol–water partition coefficient (Wildman–Crippen LogP) is 3.74. The first-order valence-corrected chi connectivity index (χ1v) is 14.3. The van der Waals surface area contributed by atoms with Gasteiger partial charge in [0.25, 0.3) is 20.0 Å². The van der Waals surface area contributed by atoms with Crippen molar-refractivity contribution in [1.82, 2.24) is 9.97 Å². The Bertz CT molecular complexity index is 1690. The Hall–Kier alpha value is -4.75. The zero-order valence-corrected chi connectivity index (χ0v) is 22.1. The molecule has 1 amide bonds. The number of hydrogen-bond donors (Lipinski definition) is 3. The van der Waals surface area contributed by atoms with Crippen LogP contribution in [0.15, 0.2) is 107 Å². The van der Waals surface area contributed by atoms with Gasteiger partial charge in [0.05, 0.1) is 22.6 Å². The van der Waals surface area contributed by atoms with E-state index in [1.165, 1.54) is 68.1 Å². The molecule has 13 heteroatoms. The molecule has 0 radical (unpaired) electrons. The Labute approximate surface area is 225 Å². The molecular weight excluding hydrogens is 542 g/mol. The Morgan fingerprint density at radius 2 is 1.36 bits per heavy atom. The van der Waals surface area contributed by atoms with Crippen LogP contribution in [0.25, 0.3) is 6.08 Å². The fourth-order valence-electron chi connectivity index (χ4n) is 3.29. The number of amides is 1. The van der Waals surface area contributed by atoms with Crippen molar-refractivity contribution in [3.8, 4) is 5.75 Å². The van der Waals surface area contributed by atoms with E-state index in [-0.39, 0.29) is 15.7 Å². The first-order valence-electron chi connectivity index (χ1n) is 11.3. The molecule has 4 rings (SSSR count). The number of methoxy groups -OCH3 is 1. The first kappa shape index (κ1) is 27.3. The van der Waals surface area contributed by atoms with Crippen molar-refractivity contribution in [1.29, 1.82) is 0 Å². The maximum atomic E-state index is 12.7. The quantitative estimate of drug-likeness (QED) is 0.246. The Morgan fingerprint density at radius 3 is 2.00 bits per heavy atom. The molecule has 11 nitrogen and oxygen atoms in total. The van der Waals surface area contributed by atoms with Crippen LogP contribution < -0.4 is 19.5 Å². The van der Waals surface area contributed by atoms with Crippen LogP contribution in [0.1, 0.15) is 5.56 Å². The number of sulfonamides is 2. The summed E-state index contributed by atoms with van der Waals surface area (Å²) in [7, 11) is -6.30. The highest BCUT2D eigenvalue weighted by Crippen LogP contribution is 2.26. The van der Waals surface area contributed by atoms with E-state index < -0.39 is 26.0 Å². The third-order valence-electron chi connectivity index (χ3n) is 5.19. The predicted molar refractivity (Wildman–Crippen MR) is 147 cm³/mol. The molecule has 0 aliphatic rings. The molecule has 0 saturated carbocycles. The van der Waals surface area contributed by atoms with Crippen LogP contribution in [-0.4, -0.2) is 39.8 Å². The smallest absolute Gasteiger partial charge is 0.264 e. The summed E-state index contributed by atoms with van der Waals surface area (Å²) < 4.78 is 60.3. The monoisotopic (exact) mass is 565 g/mol. The van der Waals surface area contributed by atoms with Gasteiger partial charge in [-0.3, -0.25) is 9.52 Å². The van der Waals surface area contributed by atoms with Gasteiger partial charge in [0.15, 0.2) is 0 Å². The van der Waals surface area contributed by atoms with Gasteiger partial charge < -0.3 is 10.1 Å². The highest BCUT2D eigenvalue weighted by molar-refractivity contribution is 7.93. The second-order valence-corrected chi connectivity index (χ2v) is 11.3. The summed E-state index contributed by atoms with van der Waals surface area (Å²) in [6, 6.07) is 19.7. The van der Waals surface area contributed by atoms with E-state index in [0.717, 1.165) is 0 Å². The number of benzene rings is 3. The van der Waals surface area contributed by atoms with E-state index in [4.69, 9.17) is 4.74 Å². The van der Waals surface area contributed by atoms with Crippen molar-refractivity contribution < 1.29 is 26.4 Å². The highest BCUT2D eigenvalue weighted by atomic mass is 32.2. The van der Waals surface area contributed by atoms with Crippen molar-refractivity contribution in [2.45, 2.75) is 9.79 Å². The lowest BCUT2D eigenvalue weighted by molar-refractivity contribution is -0.111. The maximum absolute atomic E-state index is 12.7. The fraction of sp³-hybridized carbons (Fsp3) is 0.0385. The molecule has 0 spiro atoms. The summed E-state index contributed by atoms with van der Waals surface area (Å²) in [5.74, 6) is -0.129. The molecule has 39 heavy (non-hydrogen) atoms. The summed E-state index contributed by atoms with van der Waals surface area (Å²) >= 11 is 0. The van der Waals surface area contributed by atoms with Gasteiger partial charge >= 0.3 is 0 Å². The number of rotatable bonds is 10. The number of nitrogens with zero attached hydrogens (tertiary/aromatic N) is 2. The van der Waals surface area contributed by atoms with Crippen LogP contribution in [-0.2, 0) is 24.8 Å². The van der Waals surface area contributed by atoms with Gasteiger partial charge in [-0.15, -0.1) is 0 Å². The molecule has 0 atom stereocenters. The number of carbonyl (C=O) groups excluding carboxylic acids is 1. The van der Waals surface area contributed by atoms with Gasteiger partial charge in [0.2, 0.25) is 11.9 Å². The maximum Gasteiger partial charge on any atom is 0.264 e. The summed E-state index contributed by atoms with van der Waals surface area (Å²) in [4.78, 5) is 20.0. The normalized spacial score (nSPS) is 11.6. The lowest BCUT2D eigenvalue weighted by atomic mass is 10.2. The highest BCUT2D eigenvalue weighted by Gasteiger charge is 2.17. The lowest BCUT2D eigenvalue weighted by Crippen LogP contribution is -2.15. The second-order valence-electron chi connectivity index (χ2n) is 7.90. The number of hydrogen-bond acceptors (Lipinski definition) is 8. The number of nitrogens with one attached hydrogen (secondary N) is 3. The van der Waals surface area contributed by atoms with Crippen molar-refractivity contribution in [3.05, 3.63) is 103 Å². The summed E-state index contributed by atoms with van der Waals surface area (Å²) in [5.41, 5.74) is 1.29. The minimum absolute atomic E-state index is 0.0289. The largest absolute Gasteiger partial charge is 0.495 e. The summed E-state index contributed by atoms with van der Waals surface area (Å²) in [6.45, 7) is 0. The van der Waals surface area contributed by atoms with Gasteiger partial charge in [-0.25, -0.2) is 31.5 Å². The van der Waals surface area contributed by atoms with Crippen LogP contribution in [0, 0.1) is 0 Å². The zero-order chi connectivity index (χ0) is 27.9. The molecule has 0 bridgehead atoms. The molecular formula is C26H23N5O6S2. The molecule has 0 fully saturated rings. The average molecular weight is 566 g/mol.